The van der Waals surface area contributed by atoms with E-state index < -0.39 is 5.54 Å². The van der Waals surface area contributed by atoms with Crippen molar-refractivity contribution in [2.45, 2.75) is 12.0 Å². The zero-order valence-corrected chi connectivity index (χ0v) is 9.20. The van der Waals surface area contributed by atoms with E-state index in [0.717, 1.165) is 13.0 Å². The van der Waals surface area contributed by atoms with Gasteiger partial charge < -0.3 is 10.2 Å². The molecule has 1 heterocycles. The molecule has 2 rings (SSSR count). The van der Waals surface area contributed by atoms with Crippen molar-refractivity contribution in [1.29, 1.82) is 5.26 Å². The van der Waals surface area contributed by atoms with Gasteiger partial charge in [0.2, 0.25) is 0 Å². The number of likely N-dealkylation sites (N-methyl/N-ethyl adjacent to an activating group) is 1. The summed E-state index contributed by atoms with van der Waals surface area (Å²) >= 11 is 0. The lowest BCUT2D eigenvalue weighted by atomic mass is 10.0. The van der Waals surface area contributed by atoms with Gasteiger partial charge in [-0.15, -0.1) is 0 Å². The fraction of sp³-hybridized carbons (Fsp3) is 0.417. The number of hydrogen-bond acceptors (Lipinski definition) is 3. The van der Waals surface area contributed by atoms with E-state index in [2.05, 4.69) is 16.3 Å². The number of hydrogen-bond donors (Lipinski definition) is 1. The molecule has 1 aliphatic heterocycles. The van der Waals surface area contributed by atoms with Crippen LogP contribution in [0.15, 0.2) is 24.3 Å². The monoisotopic (exact) mass is 219 g/mol. The Hall–Kier alpha value is -1.60. The van der Waals surface area contributed by atoms with E-state index in [9.17, 15) is 9.65 Å². The first-order chi connectivity index (χ1) is 7.63. The Kier molecular flexibility index (Phi) is 2.80. The van der Waals surface area contributed by atoms with Gasteiger partial charge in [-0.25, -0.2) is 4.39 Å². The SMILES string of the molecule is CN1CCC(C#N)(Nc2cccc(F)c2)C1. The highest BCUT2D eigenvalue weighted by Crippen LogP contribution is 2.24. The first-order valence-electron chi connectivity index (χ1n) is 5.27. The largest absolute Gasteiger partial charge is 0.366 e. The van der Waals surface area contributed by atoms with E-state index >= 15 is 0 Å². The molecule has 1 atom stereocenters. The van der Waals surface area contributed by atoms with Crippen LogP contribution in [-0.2, 0) is 0 Å². The molecule has 1 aliphatic rings. The number of nitrogens with zero attached hydrogens (tertiary/aromatic N) is 2. The number of halogens is 1. The molecular weight excluding hydrogens is 205 g/mol. The molecule has 0 radical (unpaired) electrons. The zero-order valence-electron chi connectivity index (χ0n) is 9.20. The molecule has 16 heavy (non-hydrogen) atoms. The maximum atomic E-state index is 13.0. The quantitative estimate of drug-likeness (QED) is 0.824. The van der Waals surface area contributed by atoms with Gasteiger partial charge in [0.05, 0.1) is 6.07 Å². The summed E-state index contributed by atoms with van der Waals surface area (Å²) in [4.78, 5) is 2.09. The zero-order chi connectivity index (χ0) is 11.6. The summed E-state index contributed by atoms with van der Waals surface area (Å²) in [6, 6.07) is 8.53. The molecule has 1 aromatic rings. The maximum Gasteiger partial charge on any atom is 0.139 e. The molecule has 0 amide bonds. The second kappa shape index (κ2) is 4.11. The smallest absolute Gasteiger partial charge is 0.139 e. The third-order valence-corrected chi connectivity index (χ3v) is 2.88. The maximum absolute atomic E-state index is 13.0. The van der Waals surface area contributed by atoms with Crippen LogP contribution in [-0.4, -0.2) is 30.6 Å². The summed E-state index contributed by atoms with van der Waals surface area (Å²) in [6.45, 7) is 1.55. The average molecular weight is 219 g/mol. The van der Waals surface area contributed by atoms with Crippen molar-refractivity contribution in [1.82, 2.24) is 4.90 Å². The molecule has 4 heteroatoms. The van der Waals surface area contributed by atoms with Gasteiger partial charge in [0.1, 0.15) is 11.4 Å². The van der Waals surface area contributed by atoms with Crippen LogP contribution in [0.25, 0.3) is 0 Å². The molecule has 1 unspecified atom stereocenters. The first-order valence-corrected chi connectivity index (χ1v) is 5.27. The minimum Gasteiger partial charge on any atom is -0.366 e. The lowest BCUT2D eigenvalue weighted by Gasteiger charge is -2.23. The van der Waals surface area contributed by atoms with Crippen LogP contribution in [0, 0.1) is 17.1 Å². The Morgan fingerprint density at radius 1 is 1.56 bits per heavy atom. The summed E-state index contributed by atoms with van der Waals surface area (Å²) < 4.78 is 13.0. The Labute approximate surface area is 94.5 Å². The van der Waals surface area contributed by atoms with Crippen molar-refractivity contribution in [3.05, 3.63) is 30.1 Å². The molecule has 3 nitrogen and oxygen atoms in total. The molecule has 0 spiro atoms. The van der Waals surface area contributed by atoms with E-state index in [0.29, 0.717) is 12.2 Å². The van der Waals surface area contributed by atoms with E-state index in [-0.39, 0.29) is 5.82 Å². The Morgan fingerprint density at radius 2 is 2.38 bits per heavy atom. The normalized spacial score (nSPS) is 25.3. The predicted octanol–water partition coefficient (Wildman–Crippen LogP) is 1.84. The molecule has 0 aliphatic carbocycles. The van der Waals surface area contributed by atoms with E-state index in [1.54, 1.807) is 12.1 Å². The highest BCUT2D eigenvalue weighted by atomic mass is 19.1. The molecule has 84 valence electrons. The van der Waals surface area contributed by atoms with Crippen molar-refractivity contribution in [2.75, 3.05) is 25.5 Å². The predicted molar refractivity (Wildman–Crippen MR) is 60.5 cm³/mol. The lowest BCUT2D eigenvalue weighted by molar-refractivity contribution is 0.403. The van der Waals surface area contributed by atoms with Crippen LogP contribution in [0.5, 0.6) is 0 Å². The standard InChI is InChI=1S/C12H14FN3/c1-16-6-5-12(8-14,9-16)15-11-4-2-3-10(13)7-11/h2-4,7,15H,5-6,9H2,1H3. The van der Waals surface area contributed by atoms with Gasteiger partial charge >= 0.3 is 0 Å². The third-order valence-electron chi connectivity index (χ3n) is 2.88. The minimum absolute atomic E-state index is 0.288. The molecule has 0 aromatic heterocycles. The van der Waals surface area contributed by atoms with Crippen LogP contribution < -0.4 is 5.32 Å². The Balaban J connectivity index is 2.17. The van der Waals surface area contributed by atoms with Crippen LogP contribution in [0.1, 0.15) is 6.42 Å². The molecule has 0 saturated carbocycles. The fourth-order valence-corrected chi connectivity index (χ4v) is 2.06. The minimum atomic E-state index is -0.581. The molecule has 1 saturated heterocycles. The molecular formula is C12H14FN3. The summed E-state index contributed by atoms with van der Waals surface area (Å²) in [5.41, 5.74) is 0.0829. The van der Waals surface area contributed by atoms with Gasteiger partial charge in [-0.1, -0.05) is 6.07 Å². The number of nitriles is 1. The van der Waals surface area contributed by atoms with Crippen LogP contribution in [0.2, 0.25) is 0 Å². The molecule has 0 bridgehead atoms. The van der Waals surface area contributed by atoms with Gasteiger partial charge in [-0.05, 0) is 31.7 Å². The van der Waals surface area contributed by atoms with Crippen molar-refractivity contribution in [3.63, 3.8) is 0 Å². The highest BCUT2D eigenvalue weighted by Gasteiger charge is 2.36. The van der Waals surface area contributed by atoms with Gasteiger partial charge in [0.25, 0.3) is 0 Å². The van der Waals surface area contributed by atoms with Gasteiger partial charge in [-0.2, -0.15) is 5.26 Å². The Bertz CT molecular complexity index is 427. The van der Waals surface area contributed by atoms with Crippen molar-refractivity contribution >= 4 is 5.69 Å². The number of benzene rings is 1. The molecule has 1 N–H and O–H groups in total. The topological polar surface area (TPSA) is 39.1 Å². The third kappa shape index (κ3) is 2.15. The summed E-state index contributed by atoms with van der Waals surface area (Å²) in [5.74, 6) is -0.288. The summed E-state index contributed by atoms with van der Waals surface area (Å²) in [5, 5.41) is 12.4. The number of likely N-dealkylation sites (tertiary alicyclic amines) is 1. The number of anilines is 1. The van der Waals surface area contributed by atoms with Crippen LogP contribution >= 0.6 is 0 Å². The fourth-order valence-electron chi connectivity index (χ4n) is 2.06. The van der Waals surface area contributed by atoms with Gasteiger partial charge in [0, 0.05) is 18.8 Å². The lowest BCUT2D eigenvalue weighted by Crippen LogP contribution is -2.39. The summed E-state index contributed by atoms with van der Waals surface area (Å²) in [6.07, 6.45) is 0.760. The Morgan fingerprint density at radius 3 is 2.94 bits per heavy atom. The second-order valence-corrected chi connectivity index (χ2v) is 4.32. The average Bonchev–Trinajstić information content (AvgIpc) is 2.61. The second-order valence-electron chi connectivity index (χ2n) is 4.32. The van der Waals surface area contributed by atoms with Gasteiger partial charge in [0.15, 0.2) is 0 Å². The van der Waals surface area contributed by atoms with E-state index in [4.69, 9.17) is 0 Å². The first kappa shape index (κ1) is 10.9. The summed E-state index contributed by atoms with van der Waals surface area (Å²) in [7, 11) is 1.98. The van der Waals surface area contributed by atoms with Crippen LogP contribution in [0.3, 0.4) is 0 Å². The molecule has 1 fully saturated rings. The van der Waals surface area contributed by atoms with Crippen LogP contribution in [0.4, 0.5) is 10.1 Å². The van der Waals surface area contributed by atoms with Crippen molar-refractivity contribution in [2.24, 2.45) is 0 Å². The van der Waals surface area contributed by atoms with Crippen molar-refractivity contribution in [3.8, 4) is 6.07 Å². The van der Waals surface area contributed by atoms with E-state index in [1.807, 2.05) is 7.05 Å². The molecule has 1 aromatic carbocycles. The van der Waals surface area contributed by atoms with E-state index in [1.165, 1.54) is 12.1 Å². The number of nitrogens with one attached hydrogen (secondary N) is 1. The highest BCUT2D eigenvalue weighted by molar-refractivity contribution is 5.48. The number of rotatable bonds is 2. The van der Waals surface area contributed by atoms with Gasteiger partial charge in [-0.3, -0.25) is 0 Å². The van der Waals surface area contributed by atoms with Crippen molar-refractivity contribution < 1.29 is 4.39 Å².